The Bertz CT molecular complexity index is 421. The van der Waals surface area contributed by atoms with E-state index in [9.17, 15) is 0 Å². The lowest BCUT2D eigenvalue weighted by atomic mass is 10.1. The summed E-state index contributed by atoms with van der Waals surface area (Å²) in [5, 5.41) is 3.57. The maximum absolute atomic E-state index is 5.35. The second-order valence-corrected chi connectivity index (χ2v) is 4.48. The first-order chi connectivity index (χ1) is 8.25. The van der Waals surface area contributed by atoms with Crippen LogP contribution in [0.15, 0.2) is 53.1 Å². The van der Waals surface area contributed by atoms with Crippen molar-refractivity contribution < 1.29 is 4.42 Å². The lowest BCUT2D eigenvalue weighted by molar-refractivity contribution is 0.429. The van der Waals surface area contributed by atoms with Crippen molar-refractivity contribution >= 4 is 0 Å². The van der Waals surface area contributed by atoms with E-state index in [0.29, 0.717) is 12.1 Å². The summed E-state index contributed by atoms with van der Waals surface area (Å²) in [4.78, 5) is 0. The van der Waals surface area contributed by atoms with Gasteiger partial charge in [0.15, 0.2) is 0 Å². The lowest BCUT2D eigenvalue weighted by Crippen LogP contribution is -2.30. The van der Waals surface area contributed by atoms with Crippen LogP contribution >= 0.6 is 0 Å². The van der Waals surface area contributed by atoms with Gasteiger partial charge in [-0.05, 0) is 31.5 Å². The minimum atomic E-state index is 0.362. The molecule has 17 heavy (non-hydrogen) atoms. The molecule has 1 N–H and O–H groups in total. The van der Waals surface area contributed by atoms with E-state index in [2.05, 4.69) is 43.4 Å². The van der Waals surface area contributed by atoms with Crippen molar-refractivity contribution in [2.45, 2.75) is 32.4 Å². The van der Waals surface area contributed by atoms with E-state index in [4.69, 9.17) is 4.42 Å². The van der Waals surface area contributed by atoms with Crippen molar-refractivity contribution in [2.24, 2.45) is 0 Å². The first kappa shape index (κ1) is 11.9. The van der Waals surface area contributed by atoms with Crippen LogP contribution in [0.3, 0.4) is 0 Å². The zero-order valence-corrected chi connectivity index (χ0v) is 10.4. The van der Waals surface area contributed by atoms with E-state index in [1.165, 1.54) is 5.56 Å². The van der Waals surface area contributed by atoms with Gasteiger partial charge in [-0.3, -0.25) is 0 Å². The predicted octanol–water partition coefficient (Wildman–Crippen LogP) is 3.56. The number of rotatable bonds is 5. The molecular weight excluding hydrogens is 210 g/mol. The average molecular weight is 229 g/mol. The molecule has 0 aliphatic rings. The molecular formula is C15H19NO. The Balaban J connectivity index is 1.88. The lowest BCUT2D eigenvalue weighted by Gasteiger charge is -2.19. The Kier molecular flexibility index (Phi) is 3.99. The van der Waals surface area contributed by atoms with Gasteiger partial charge in [0.25, 0.3) is 0 Å². The third-order valence-corrected chi connectivity index (χ3v) is 2.92. The molecule has 1 aromatic carbocycles. The smallest absolute Gasteiger partial charge is 0.105 e. The van der Waals surface area contributed by atoms with Crippen LogP contribution in [-0.2, 0) is 6.42 Å². The van der Waals surface area contributed by atoms with Gasteiger partial charge in [0.1, 0.15) is 5.76 Å². The fourth-order valence-corrected chi connectivity index (χ4v) is 2.05. The zero-order valence-electron chi connectivity index (χ0n) is 10.4. The molecule has 0 bridgehead atoms. The molecule has 0 saturated carbocycles. The van der Waals surface area contributed by atoms with E-state index in [0.717, 1.165) is 12.2 Å². The fraction of sp³-hybridized carbons (Fsp3) is 0.333. The molecule has 0 saturated heterocycles. The summed E-state index contributed by atoms with van der Waals surface area (Å²) in [6.45, 7) is 4.37. The molecule has 90 valence electrons. The summed E-state index contributed by atoms with van der Waals surface area (Å²) in [6.07, 6.45) is 2.65. The Morgan fingerprint density at radius 2 is 1.82 bits per heavy atom. The molecule has 0 radical (unpaired) electrons. The van der Waals surface area contributed by atoms with Crippen LogP contribution in [0.5, 0.6) is 0 Å². The van der Waals surface area contributed by atoms with Crippen molar-refractivity contribution in [3.8, 4) is 0 Å². The minimum Gasteiger partial charge on any atom is -0.469 e. The minimum absolute atomic E-state index is 0.362. The molecule has 1 aromatic heterocycles. The molecule has 0 aliphatic heterocycles. The molecule has 1 heterocycles. The van der Waals surface area contributed by atoms with Gasteiger partial charge in [0.05, 0.1) is 6.26 Å². The first-order valence-corrected chi connectivity index (χ1v) is 6.09. The standard InChI is InChI=1S/C15H19NO/c1-12(11-15-9-6-10-17-15)16-13(2)14-7-4-3-5-8-14/h3-10,12-13,16H,11H2,1-2H3/t12?,13-/m1/s1. The van der Waals surface area contributed by atoms with Crippen LogP contribution in [0.2, 0.25) is 0 Å². The highest BCUT2D eigenvalue weighted by Gasteiger charge is 2.10. The van der Waals surface area contributed by atoms with E-state index in [1.54, 1.807) is 6.26 Å². The number of furan rings is 1. The fourth-order valence-electron chi connectivity index (χ4n) is 2.05. The zero-order chi connectivity index (χ0) is 12.1. The van der Waals surface area contributed by atoms with Gasteiger partial charge in [-0.25, -0.2) is 0 Å². The third-order valence-electron chi connectivity index (χ3n) is 2.92. The molecule has 2 aromatic rings. The number of nitrogens with one attached hydrogen (secondary N) is 1. The Morgan fingerprint density at radius 1 is 1.06 bits per heavy atom. The first-order valence-electron chi connectivity index (χ1n) is 6.09. The summed E-state index contributed by atoms with van der Waals surface area (Å²) >= 11 is 0. The topological polar surface area (TPSA) is 25.2 Å². The molecule has 0 amide bonds. The SMILES string of the molecule is CC(Cc1ccco1)N[C@H](C)c1ccccc1. The molecule has 2 heteroatoms. The monoisotopic (exact) mass is 229 g/mol. The Hall–Kier alpha value is -1.54. The van der Waals surface area contributed by atoms with Gasteiger partial charge in [-0.2, -0.15) is 0 Å². The van der Waals surface area contributed by atoms with Gasteiger partial charge in [-0.1, -0.05) is 30.3 Å². The van der Waals surface area contributed by atoms with Crippen molar-refractivity contribution in [3.05, 3.63) is 60.1 Å². The van der Waals surface area contributed by atoms with Crippen LogP contribution in [-0.4, -0.2) is 6.04 Å². The number of benzene rings is 1. The van der Waals surface area contributed by atoms with Gasteiger partial charge in [0.2, 0.25) is 0 Å². The van der Waals surface area contributed by atoms with Crippen molar-refractivity contribution in [1.82, 2.24) is 5.32 Å². The average Bonchev–Trinajstić information content (AvgIpc) is 2.82. The van der Waals surface area contributed by atoms with E-state index in [-0.39, 0.29) is 0 Å². The second kappa shape index (κ2) is 5.69. The summed E-state index contributed by atoms with van der Waals surface area (Å²) < 4.78 is 5.35. The maximum Gasteiger partial charge on any atom is 0.105 e. The van der Waals surface area contributed by atoms with E-state index >= 15 is 0 Å². The van der Waals surface area contributed by atoms with Gasteiger partial charge < -0.3 is 9.73 Å². The highest BCUT2D eigenvalue weighted by atomic mass is 16.3. The van der Waals surface area contributed by atoms with Gasteiger partial charge in [-0.15, -0.1) is 0 Å². The molecule has 2 rings (SSSR count). The van der Waals surface area contributed by atoms with E-state index in [1.807, 2.05) is 18.2 Å². The van der Waals surface area contributed by atoms with Gasteiger partial charge in [0, 0.05) is 18.5 Å². The van der Waals surface area contributed by atoms with Crippen LogP contribution < -0.4 is 5.32 Å². The molecule has 0 fully saturated rings. The second-order valence-electron chi connectivity index (χ2n) is 4.48. The van der Waals surface area contributed by atoms with Gasteiger partial charge >= 0.3 is 0 Å². The van der Waals surface area contributed by atoms with Crippen molar-refractivity contribution in [1.29, 1.82) is 0 Å². The van der Waals surface area contributed by atoms with Crippen LogP contribution in [0.4, 0.5) is 0 Å². The summed E-state index contributed by atoms with van der Waals surface area (Å²) in [5.41, 5.74) is 1.32. The number of hydrogen-bond donors (Lipinski definition) is 1. The van der Waals surface area contributed by atoms with Crippen molar-refractivity contribution in [3.63, 3.8) is 0 Å². The molecule has 0 spiro atoms. The quantitative estimate of drug-likeness (QED) is 0.848. The van der Waals surface area contributed by atoms with Crippen LogP contribution in [0, 0.1) is 0 Å². The summed E-state index contributed by atoms with van der Waals surface area (Å²) in [5.74, 6) is 1.03. The predicted molar refractivity (Wildman–Crippen MR) is 69.9 cm³/mol. The van der Waals surface area contributed by atoms with Crippen molar-refractivity contribution in [2.75, 3.05) is 0 Å². The highest BCUT2D eigenvalue weighted by molar-refractivity contribution is 5.18. The largest absolute Gasteiger partial charge is 0.469 e. The molecule has 2 nitrogen and oxygen atoms in total. The highest BCUT2D eigenvalue weighted by Crippen LogP contribution is 2.13. The maximum atomic E-state index is 5.35. The molecule has 1 unspecified atom stereocenters. The normalized spacial score (nSPS) is 14.5. The van der Waals surface area contributed by atoms with Crippen LogP contribution in [0.25, 0.3) is 0 Å². The van der Waals surface area contributed by atoms with E-state index < -0.39 is 0 Å². The third kappa shape index (κ3) is 3.46. The Labute approximate surface area is 103 Å². The summed E-state index contributed by atoms with van der Waals surface area (Å²) in [7, 11) is 0. The van der Waals surface area contributed by atoms with Crippen LogP contribution in [0.1, 0.15) is 31.2 Å². The Morgan fingerprint density at radius 3 is 2.47 bits per heavy atom. The molecule has 2 atom stereocenters. The number of hydrogen-bond acceptors (Lipinski definition) is 2. The summed E-state index contributed by atoms with van der Waals surface area (Å²) in [6, 6.07) is 15.2. The molecule has 0 aliphatic carbocycles.